The van der Waals surface area contributed by atoms with E-state index in [0.29, 0.717) is 36.4 Å². The summed E-state index contributed by atoms with van der Waals surface area (Å²) in [6, 6.07) is 11.2. The van der Waals surface area contributed by atoms with Gasteiger partial charge in [-0.05, 0) is 62.8 Å². The predicted octanol–water partition coefficient (Wildman–Crippen LogP) is 5.42. The minimum atomic E-state index is -5.08. The molecule has 5 rings (SSSR count). The van der Waals surface area contributed by atoms with Crippen LogP contribution in [0.5, 0.6) is 0 Å². The number of aromatic nitrogens is 4. The molecule has 1 aliphatic heterocycles. The van der Waals surface area contributed by atoms with Crippen LogP contribution in [0, 0.1) is 13.8 Å². The first-order chi connectivity index (χ1) is 18.9. The summed E-state index contributed by atoms with van der Waals surface area (Å²) in [5.74, 6) is -1.05. The number of halogens is 4. The quantitative estimate of drug-likeness (QED) is 0.424. The maximum Gasteiger partial charge on any atom is 0.490 e. The number of alkyl halides is 3. The number of rotatable bonds is 5. The van der Waals surface area contributed by atoms with Gasteiger partial charge in [0.2, 0.25) is 11.8 Å². The van der Waals surface area contributed by atoms with Gasteiger partial charge in [-0.25, -0.2) is 4.79 Å². The highest BCUT2D eigenvalue weighted by atomic mass is 35.5. The lowest BCUT2D eigenvalue weighted by Crippen LogP contribution is -2.53. The maximum atomic E-state index is 10.6. The Kier molecular flexibility index (Phi) is 9.52. The second-order valence-corrected chi connectivity index (χ2v) is 10.7. The van der Waals surface area contributed by atoms with E-state index in [1.165, 1.54) is 17.0 Å². The van der Waals surface area contributed by atoms with Crippen LogP contribution in [0.4, 0.5) is 13.2 Å². The summed E-state index contributed by atoms with van der Waals surface area (Å²) < 4.78 is 45.7. The average molecular weight is 584 g/mol. The van der Waals surface area contributed by atoms with Gasteiger partial charge in [-0.3, -0.25) is 9.58 Å². The third kappa shape index (κ3) is 7.61. The Bertz CT molecular complexity index is 1250. The smallest absolute Gasteiger partial charge is 0.475 e. The van der Waals surface area contributed by atoms with E-state index in [1.807, 2.05) is 30.8 Å². The number of carbonyl (C=O) groups is 1. The molecular formula is C27H33ClF3N5O4. The van der Waals surface area contributed by atoms with E-state index in [-0.39, 0.29) is 6.10 Å². The number of ether oxygens (including phenoxy) is 1. The SMILES string of the molecule is Cc1nnc([C@H]2CN(C3CCC(c4cc(C)n(C)n4)CC3)[C@@H](Cc3ccc(Cl)cc3)CO2)o1.O=C(O)C(F)(F)F. The molecule has 13 heteroatoms. The zero-order chi connectivity index (χ0) is 29.0. The van der Waals surface area contributed by atoms with E-state index in [9.17, 15) is 13.2 Å². The highest BCUT2D eigenvalue weighted by Gasteiger charge is 2.39. The van der Waals surface area contributed by atoms with Gasteiger partial charge in [0.15, 0.2) is 0 Å². The minimum Gasteiger partial charge on any atom is -0.475 e. The Hall–Kier alpha value is -2.96. The zero-order valence-corrected chi connectivity index (χ0v) is 23.3. The Morgan fingerprint density at radius 3 is 2.30 bits per heavy atom. The molecule has 0 bridgehead atoms. The van der Waals surface area contributed by atoms with Gasteiger partial charge in [-0.15, -0.1) is 10.2 Å². The highest BCUT2D eigenvalue weighted by molar-refractivity contribution is 6.30. The first-order valence-corrected chi connectivity index (χ1v) is 13.5. The van der Waals surface area contributed by atoms with E-state index < -0.39 is 12.1 Å². The molecule has 1 saturated carbocycles. The molecule has 2 fully saturated rings. The van der Waals surface area contributed by atoms with Crippen molar-refractivity contribution in [3.05, 3.63) is 64.1 Å². The topological polar surface area (TPSA) is 107 Å². The van der Waals surface area contributed by atoms with Crippen molar-refractivity contribution in [3.63, 3.8) is 0 Å². The van der Waals surface area contributed by atoms with Gasteiger partial charge in [0.1, 0.15) is 6.10 Å². The van der Waals surface area contributed by atoms with Crippen molar-refractivity contribution in [2.24, 2.45) is 7.05 Å². The number of hydrogen-bond acceptors (Lipinski definition) is 7. The van der Waals surface area contributed by atoms with Crippen molar-refractivity contribution in [2.75, 3.05) is 13.2 Å². The van der Waals surface area contributed by atoms with E-state index >= 15 is 0 Å². The third-order valence-electron chi connectivity index (χ3n) is 7.50. The molecule has 2 atom stereocenters. The van der Waals surface area contributed by atoms with E-state index in [1.54, 1.807) is 0 Å². The Morgan fingerprint density at radius 2 is 1.77 bits per heavy atom. The summed E-state index contributed by atoms with van der Waals surface area (Å²) in [5.41, 5.74) is 3.75. The summed E-state index contributed by atoms with van der Waals surface area (Å²) in [4.78, 5) is 11.5. The van der Waals surface area contributed by atoms with Gasteiger partial charge in [0.05, 0.1) is 12.3 Å². The average Bonchev–Trinajstić information content (AvgIpc) is 3.50. The number of aliphatic carboxylic acids is 1. The lowest BCUT2D eigenvalue weighted by molar-refractivity contribution is -0.192. The summed E-state index contributed by atoms with van der Waals surface area (Å²) in [6.07, 6.45) is 0.322. The Morgan fingerprint density at radius 1 is 1.12 bits per heavy atom. The number of morpholine rings is 1. The van der Waals surface area contributed by atoms with Crippen LogP contribution in [0.2, 0.25) is 5.02 Å². The second kappa shape index (κ2) is 12.7. The molecule has 3 heterocycles. The van der Waals surface area contributed by atoms with Gasteiger partial charge in [-0.2, -0.15) is 18.3 Å². The largest absolute Gasteiger partial charge is 0.490 e. The maximum absolute atomic E-state index is 10.6. The molecule has 0 radical (unpaired) electrons. The van der Waals surface area contributed by atoms with Crippen molar-refractivity contribution >= 4 is 17.6 Å². The fourth-order valence-corrected chi connectivity index (χ4v) is 5.44. The molecule has 0 amide bonds. The second-order valence-electron chi connectivity index (χ2n) is 10.3. The first-order valence-electron chi connectivity index (χ1n) is 13.1. The van der Waals surface area contributed by atoms with Crippen molar-refractivity contribution < 1.29 is 32.2 Å². The predicted molar refractivity (Wildman–Crippen MR) is 140 cm³/mol. The lowest BCUT2D eigenvalue weighted by Gasteiger charge is -2.45. The molecule has 1 aliphatic carbocycles. The van der Waals surface area contributed by atoms with Crippen LogP contribution in [0.15, 0.2) is 34.7 Å². The van der Waals surface area contributed by atoms with Gasteiger partial charge >= 0.3 is 12.1 Å². The molecule has 1 aromatic carbocycles. The molecule has 218 valence electrons. The van der Waals surface area contributed by atoms with Crippen LogP contribution in [0.1, 0.15) is 66.4 Å². The van der Waals surface area contributed by atoms with Crippen molar-refractivity contribution in [3.8, 4) is 0 Å². The molecule has 3 aromatic rings. The molecule has 0 unspecified atom stereocenters. The fraction of sp³-hybridized carbons (Fsp3) is 0.556. The van der Waals surface area contributed by atoms with Crippen LogP contribution in [-0.2, 0) is 23.0 Å². The standard InChI is InChI=1S/C25H32ClN5O2.C2HF3O2/c1-16-12-23(29-30(16)3)19-6-10-21(11-7-19)31-14-24(25-28-27-17(2)33-25)32-15-22(31)13-18-4-8-20(26)9-5-18;3-2(4,5)1(6)7/h4-5,8-9,12,19,21-22,24H,6-7,10-11,13-15H2,1-3H3;(H,6,7)/t19?,21?,22-,24+;/m0./s1. The first kappa shape index (κ1) is 30.0. The number of aryl methyl sites for hydroxylation is 3. The van der Waals surface area contributed by atoms with Gasteiger partial charge in [0.25, 0.3) is 0 Å². The zero-order valence-electron chi connectivity index (χ0n) is 22.6. The molecule has 2 aromatic heterocycles. The number of hydrogen-bond donors (Lipinski definition) is 1. The van der Waals surface area contributed by atoms with Gasteiger partial charge in [-0.1, -0.05) is 23.7 Å². The fourth-order valence-electron chi connectivity index (χ4n) is 5.31. The summed E-state index contributed by atoms with van der Waals surface area (Å²) >= 11 is 6.10. The number of carboxylic acid groups (broad SMARTS) is 1. The molecule has 2 aliphatic rings. The van der Waals surface area contributed by atoms with Crippen molar-refractivity contribution in [2.45, 2.75) is 76.2 Å². The van der Waals surface area contributed by atoms with Gasteiger partial charge < -0.3 is 14.3 Å². The van der Waals surface area contributed by atoms with E-state index in [0.717, 1.165) is 43.7 Å². The summed E-state index contributed by atoms with van der Waals surface area (Å²) in [5, 5.41) is 20.9. The van der Waals surface area contributed by atoms with Crippen molar-refractivity contribution in [1.29, 1.82) is 0 Å². The van der Waals surface area contributed by atoms with Crippen molar-refractivity contribution in [1.82, 2.24) is 24.9 Å². The Balaban J connectivity index is 0.000000470. The van der Waals surface area contributed by atoms with Crippen LogP contribution < -0.4 is 0 Å². The van der Waals surface area contributed by atoms with Crippen LogP contribution in [-0.4, -0.2) is 67.4 Å². The van der Waals surface area contributed by atoms with E-state index in [2.05, 4.69) is 40.2 Å². The monoisotopic (exact) mass is 583 g/mol. The summed E-state index contributed by atoms with van der Waals surface area (Å²) in [7, 11) is 2.03. The Labute approximate surface area is 235 Å². The number of nitrogens with zero attached hydrogens (tertiary/aromatic N) is 5. The summed E-state index contributed by atoms with van der Waals surface area (Å²) in [6.45, 7) is 5.36. The van der Waals surface area contributed by atoms with Crippen LogP contribution in [0.3, 0.4) is 0 Å². The van der Waals surface area contributed by atoms with Crippen LogP contribution in [0.25, 0.3) is 0 Å². The molecule has 9 nitrogen and oxygen atoms in total. The molecule has 40 heavy (non-hydrogen) atoms. The van der Waals surface area contributed by atoms with Gasteiger partial charge in [0, 0.05) is 49.2 Å². The van der Waals surface area contributed by atoms with Crippen LogP contribution >= 0.6 is 11.6 Å². The lowest BCUT2D eigenvalue weighted by atomic mass is 9.82. The molecule has 1 saturated heterocycles. The normalized spacial score (nSPS) is 23.9. The highest BCUT2D eigenvalue weighted by Crippen LogP contribution is 2.37. The third-order valence-corrected chi connectivity index (χ3v) is 7.75. The van der Waals surface area contributed by atoms with E-state index in [4.69, 9.17) is 35.8 Å². The minimum absolute atomic E-state index is 0.177. The molecule has 0 spiro atoms. The molecular weight excluding hydrogens is 551 g/mol. The number of carboxylic acids is 1. The molecule has 1 N–H and O–H groups in total. The number of benzene rings is 1.